The van der Waals surface area contributed by atoms with Crippen molar-refractivity contribution in [1.82, 2.24) is 0 Å². The smallest absolute Gasteiger partial charge is 0.161 e. The standard InChI is InChI=1S/C14H22O2/c1-10(2)16-13-9-11(14(3,4)5)7-8-12(13)15-6/h7-10H,1-6H3. The second kappa shape index (κ2) is 4.77. The first kappa shape index (κ1) is 12.9. The summed E-state index contributed by atoms with van der Waals surface area (Å²) in [7, 11) is 1.67. The Morgan fingerprint density at radius 3 is 2.12 bits per heavy atom. The molecule has 90 valence electrons. The van der Waals surface area contributed by atoms with E-state index in [9.17, 15) is 0 Å². The molecule has 0 heterocycles. The molecule has 0 N–H and O–H groups in total. The van der Waals surface area contributed by atoms with Crippen LogP contribution in [0.1, 0.15) is 40.2 Å². The van der Waals surface area contributed by atoms with Crippen LogP contribution in [-0.2, 0) is 5.41 Å². The lowest BCUT2D eigenvalue weighted by Gasteiger charge is -2.21. The third-order valence-electron chi connectivity index (χ3n) is 2.39. The molecule has 16 heavy (non-hydrogen) atoms. The highest BCUT2D eigenvalue weighted by molar-refractivity contribution is 5.44. The first-order valence-electron chi connectivity index (χ1n) is 5.69. The quantitative estimate of drug-likeness (QED) is 0.775. The van der Waals surface area contributed by atoms with Crippen molar-refractivity contribution < 1.29 is 9.47 Å². The van der Waals surface area contributed by atoms with E-state index >= 15 is 0 Å². The van der Waals surface area contributed by atoms with Crippen LogP contribution in [0.15, 0.2) is 18.2 Å². The Kier molecular flexibility index (Phi) is 3.84. The maximum Gasteiger partial charge on any atom is 0.161 e. The molecule has 0 amide bonds. The van der Waals surface area contributed by atoms with Crippen LogP contribution in [0.25, 0.3) is 0 Å². The number of rotatable bonds is 3. The third-order valence-corrected chi connectivity index (χ3v) is 2.39. The van der Waals surface area contributed by atoms with Crippen molar-refractivity contribution in [2.45, 2.75) is 46.1 Å². The topological polar surface area (TPSA) is 18.5 Å². The van der Waals surface area contributed by atoms with E-state index in [1.54, 1.807) is 7.11 Å². The second-order valence-corrected chi connectivity index (χ2v) is 5.28. The van der Waals surface area contributed by atoms with Gasteiger partial charge in [-0.25, -0.2) is 0 Å². The molecule has 0 saturated heterocycles. The first-order chi connectivity index (χ1) is 7.34. The van der Waals surface area contributed by atoms with Gasteiger partial charge in [-0.2, -0.15) is 0 Å². The van der Waals surface area contributed by atoms with E-state index in [0.717, 1.165) is 11.5 Å². The van der Waals surface area contributed by atoms with Gasteiger partial charge < -0.3 is 9.47 Å². The van der Waals surface area contributed by atoms with Crippen molar-refractivity contribution in [3.05, 3.63) is 23.8 Å². The Bertz CT molecular complexity index is 348. The van der Waals surface area contributed by atoms with Crippen LogP contribution in [-0.4, -0.2) is 13.2 Å². The highest BCUT2D eigenvalue weighted by Crippen LogP contribution is 2.33. The van der Waals surface area contributed by atoms with Gasteiger partial charge in [0, 0.05) is 0 Å². The minimum Gasteiger partial charge on any atom is -0.493 e. The molecule has 0 bridgehead atoms. The molecule has 1 aromatic rings. The van der Waals surface area contributed by atoms with Crippen LogP contribution in [0.5, 0.6) is 11.5 Å². The van der Waals surface area contributed by atoms with E-state index in [1.807, 2.05) is 19.9 Å². The largest absolute Gasteiger partial charge is 0.493 e. The molecule has 0 aliphatic carbocycles. The molecule has 0 saturated carbocycles. The van der Waals surface area contributed by atoms with E-state index in [-0.39, 0.29) is 11.5 Å². The number of methoxy groups -OCH3 is 1. The summed E-state index contributed by atoms with van der Waals surface area (Å²) in [6, 6.07) is 6.13. The van der Waals surface area contributed by atoms with Crippen molar-refractivity contribution in [2.24, 2.45) is 0 Å². The van der Waals surface area contributed by atoms with Gasteiger partial charge in [0.05, 0.1) is 13.2 Å². The Hall–Kier alpha value is -1.18. The minimum absolute atomic E-state index is 0.126. The molecule has 0 unspecified atom stereocenters. The van der Waals surface area contributed by atoms with Crippen LogP contribution in [0, 0.1) is 0 Å². The monoisotopic (exact) mass is 222 g/mol. The molecule has 1 aromatic carbocycles. The fourth-order valence-corrected chi connectivity index (χ4v) is 1.49. The third kappa shape index (κ3) is 3.16. The Balaban J connectivity index is 3.11. The molecule has 0 spiro atoms. The predicted octanol–water partition coefficient (Wildman–Crippen LogP) is 3.78. The predicted molar refractivity (Wildman–Crippen MR) is 67.5 cm³/mol. The Morgan fingerprint density at radius 1 is 1.06 bits per heavy atom. The zero-order valence-electron chi connectivity index (χ0n) is 11.1. The van der Waals surface area contributed by atoms with Gasteiger partial charge in [-0.05, 0) is 37.0 Å². The fraction of sp³-hybridized carbons (Fsp3) is 0.571. The maximum absolute atomic E-state index is 5.75. The van der Waals surface area contributed by atoms with Crippen LogP contribution < -0.4 is 9.47 Å². The van der Waals surface area contributed by atoms with E-state index < -0.39 is 0 Å². The average molecular weight is 222 g/mol. The maximum atomic E-state index is 5.75. The summed E-state index contributed by atoms with van der Waals surface area (Å²) in [6.45, 7) is 10.6. The van der Waals surface area contributed by atoms with Crippen LogP contribution >= 0.6 is 0 Å². The highest BCUT2D eigenvalue weighted by atomic mass is 16.5. The van der Waals surface area contributed by atoms with Crippen LogP contribution in [0.3, 0.4) is 0 Å². The van der Waals surface area contributed by atoms with E-state index in [1.165, 1.54) is 5.56 Å². The van der Waals surface area contributed by atoms with Gasteiger partial charge in [0.25, 0.3) is 0 Å². The molecule has 2 nitrogen and oxygen atoms in total. The minimum atomic E-state index is 0.126. The molecule has 2 heteroatoms. The lowest BCUT2D eigenvalue weighted by molar-refractivity contribution is 0.229. The summed E-state index contributed by atoms with van der Waals surface area (Å²) in [4.78, 5) is 0. The molecule has 0 atom stereocenters. The summed E-state index contributed by atoms with van der Waals surface area (Å²) in [5, 5.41) is 0. The molecule has 0 fully saturated rings. The normalized spacial score (nSPS) is 11.7. The molecular weight excluding hydrogens is 200 g/mol. The van der Waals surface area contributed by atoms with Crippen molar-refractivity contribution in [1.29, 1.82) is 0 Å². The van der Waals surface area contributed by atoms with E-state index in [4.69, 9.17) is 9.47 Å². The molecule has 1 rings (SSSR count). The molecule has 0 aliphatic heterocycles. The summed E-state index contributed by atoms with van der Waals surface area (Å²) >= 11 is 0. The fourth-order valence-electron chi connectivity index (χ4n) is 1.49. The Labute approximate surface area is 98.6 Å². The summed E-state index contributed by atoms with van der Waals surface area (Å²) < 4.78 is 11.0. The van der Waals surface area contributed by atoms with Gasteiger partial charge in [-0.1, -0.05) is 26.8 Å². The molecule has 0 aliphatic rings. The second-order valence-electron chi connectivity index (χ2n) is 5.28. The van der Waals surface area contributed by atoms with Gasteiger partial charge >= 0.3 is 0 Å². The van der Waals surface area contributed by atoms with Gasteiger partial charge in [-0.15, -0.1) is 0 Å². The van der Waals surface area contributed by atoms with E-state index in [2.05, 4.69) is 32.9 Å². The van der Waals surface area contributed by atoms with Gasteiger partial charge in [0.1, 0.15) is 0 Å². The lowest BCUT2D eigenvalue weighted by Crippen LogP contribution is -2.13. The summed E-state index contributed by atoms with van der Waals surface area (Å²) in [5.41, 5.74) is 1.38. The highest BCUT2D eigenvalue weighted by Gasteiger charge is 2.16. The average Bonchev–Trinajstić information content (AvgIpc) is 2.15. The zero-order valence-corrected chi connectivity index (χ0v) is 11.1. The SMILES string of the molecule is COc1ccc(C(C)(C)C)cc1OC(C)C. The molecule has 0 radical (unpaired) electrons. The van der Waals surface area contributed by atoms with Crippen LogP contribution in [0.2, 0.25) is 0 Å². The number of ether oxygens (including phenoxy) is 2. The van der Waals surface area contributed by atoms with Crippen LogP contribution in [0.4, 0.5) is 0 Å². The van der Waals surface area contributed by atoms with Crippen molar-refractivity contribution >= 4 is 0 Å². The Morgan fingerprint density at radius 2 is 1.69 bits per heavy atom. The molecular formula is C14H22O2. The summed E-state index contributed by atoms with van der Waals surface area (Å²) in [5.74, 6) is 1.62. The van der Waals surface area contributed by atoms with Crippen molar-refractivity contribution in [3.8, 4) is 11.5 Å². The summed E-state index contributed by atoms with van der Waals surface area (Å²) in [6.07, 6.45) is 0.157. The van der Waals surface area contributed by atoms with Gasteiger partial charge in [0.15, 0.2) is 11.5 Å². The van der Waals surface area contributed by atoms with Gasteiger partial charge in [-0.3, -0.25) is 0 Å². The van der Waals surface area contributed by atoms with Gasteiger partial charge in [0.2, 0.25) is 0 Å². The zero-order chi connectivity index (χ0) is 12.3. The van der Waals surface area contributed by atoms with E-state index in [0.29, 0.717) is 0 Å². The first-order valence-corrected chi connectivity index (χ1v) is 5.69. The number of hydrogen-bond donors (Lipinski definition) is 0. The lowest BCUT2D eigenvalue weighted by atomic mass is 9.87. The van der Waals surface area contributed by atoms with Crippen molar-refractivity contribution in [2.75, 3.05) is 7.11 Å². The van der Waals surface area contributed by atoms with Crippen molar-refractivity contribution in [3.63, 3.8) is 0 Å². The molecule has 0 aromatic heterocycles. The number of benzene rings is 1. The number of hydrogen-bond acceptors (Lipinski definition) is 2.